The number of rotatable bonds is 10. The molecule has 0 aliphatic heterocycles. The first-order valence-electron chi connectivity index (χ1n) is 5.88. The van der Waals surface area contributed by atoms with Crippen molar-refractivity contribution in [3.05, 3.63) is 12.2 Å². The van der Waals surface area contributed by atoms with Crippen LogP contribution in [-0.4, -0.2) is 45.2 Å². The Hall–Kier alpha value is -0.910. The molecule has 0 unspecified atom stereocenters. The van der Waals surface area contributed by atoms with Crippen LogP contribution >= 0.6 is 0 Å². The molecule has 0 aromatic heterocycles. The summed E-state index contributed by atoms with van der Waals surface area (Å²) >= 11 is 0. The molecule has 0 atom stereocenters. The Morgan fingerprint density at radius 2 is 1.88 bits per heavy atom. The average Bonchev–Trinajstić information content (AvgIpc) is 2.28. The highest BCUT2D eigenvalue weighted by Gasteiger charge is 2.07. The first-order valence-corrected chi connectivity index (χ1v) is 5.88. The number of carbonyl (C=O) groups excluding carboxylic acids is 1. The molecule has 0 radical (unpaired) electrons. The number of hydrogen-bond acceptors (Lipinski definition) is 5. The van der Waals surface area contributed by atoms with Gasteiger partial charge in [-0.1, -0.05) is 6.58 Å². The Balaban J connectivity index is 3.54. The summed E-state index contributed by atoms with van der Waals surface area (Å²) in [5, 5.41) is 3.09. The highest BCUT2D eigenvalue weighted by Crippen LogP contribution is 1.93. The Labute approximate surface area is 103 Å². The van der Waals surface area contributed by atoms with Crippen LogP contribution in [0.4, 0.5) is 0 Å². The fraction of sp³-hybridized carbons (Fsp3) is 0.750. The molecule has 0 aliphatic carbocycles. The van der Waals surface area contributed by atoms with E-state index in [4.69, 9.17) is 14.2 Å². The van der Waals surface area contributed by atoms with Gasteiger partial charge in [0.2, 0.25) is 0 Å². The fourth-order valence-electron chi connectivity index (χ4n) is 1.10. The van der Waals surface area contributed by atoms with Gasteiger partial charge in [0.15, 0.2) is 6.29 Å². The second-order valence-corrected chi connectivity index (χ2v) is 3.46. The van der Waals surface area contributed by atoms with Gasteiger partial charge < -0.3 is 19.5 Å². The third-order valence-corrected chi connectivity index (χ3v) is 1.88. The number of esters is 1. The van der Waals surface area contributed by atoms with Crippen molar-refractivity contribution in [2.75, 3.05) is 32.9 Å². The van der Waals surface area contributed by atoms with Gasteiger partial charge in [-0.3, -0.25) is 0 Å². The van der Waals surface area contributed by atoms with Crippen molar-refractivity contribution in [3.8, 4) is 0 Å². The summed E-state index contributed by atoms with van der Waals surface area (Å²) in [4.78, 5) is 11.0. The molecular formula is C12H23NO4. The molecule has 0 fully saturated rings. The Kier molecular flexibility index (Phi) is 9.71. The quantitative estimate of drug-likeness (QED) is 0.270. The summed E-state index contributed by atoms with van der Waals surface area (Å²) in [5.74, 6) is -0.363. The van der Waals surface area contributed by atoms with E-state index >= 15 is 0 Å². The lowest BCUT2D eigenvalue weighted by molar-refractivity contribution is -0.139. The minimum atomic E-state index is -0.363. The van der Waals surface area contributed by atoms with Crippen molar-refractivity contribution in [1.82, 2.24) is 5.32 Å². The molecule has 0 heterocycles. The van der Waals surface area contributed by atoms with Crippen molar-refractivity contribution in [3.63, 3.8) is 0 Å². The standard InChI is InChI=1S/C12H23NO4/c1-5-15-11(16-6-2)9-13-7-8-17-12(14)10(3)4/h11,13H,3,5-9H2,1-2,4H3. The van der Waals surface area contributed by atoms with Crippen LogP contribution in [0.5, 0.6) is 0 Å². The van der Waals surface area contributed by atoms with Gasteiger partial charge in [0.05, 0.1) is 0 Å². The second kappa shape index (κ2) is 10.3. The zero-order valence-corrected chi connectivity index (χ0v) is 11.0. The van der Waals surface area contributed by atoms with E-state index in [2.05, 4.69) is 11.9 Å². The van der Waals surface area contributed by atoms with Crippen LogP contribution in [-0.2, 0) is 19.0 Å². The largest absolute Gasteiger partial charge is 0.461 e. The molecule has 1 N–H and O–H groups in total. The first-order chi connectivity index (χ1) is 8.11. The minimum Gasteiger partial charge on any atom is -0.461 e. The third kappa shape index (κ3) is 8.85. The van der Waals surface area contributed by atoms with Crippen LogP contribution in [0.3, 0.4) is 0 Å². The number of hydrogen-bond donors (Lipinski definition) is 1. The lowest BCUT2D eigenvalue weighted by Gasteiger charge is -2.17. The second-order valence-electron chi connectivity index (χ2n) is 3.46. The molecule has 0 saturated carbocycles. The van der Waals surface area contributed by atoms with E-state index in [1.807, 2.05) is 13.8 Å². The van der Waals surface area contributed by atoms with E-state index in [1.165, 1.54) is 0 Å². The molecule has 5 nitrogen and oxygen atoms in total. The minimum absolute atomic E-state index is 0.248. The zero-order valence-electron chi connectivity index (χ0n) is 11.0. The van der Waals surface area contributed by atoms with Crippen LogP contribution in [0, 0.1) is 0 Å². The number of carbonyl (C=O) groups is 1. The van der Waals surface area contributed by atoms with Gasteiger partial charge in [-0.15, -0.1) is 0 Å². The molecule has 0 aromatic carbocycles. The summed E-state index contributed by atoms with van der Waals surface area (Å²) in [6.07, 6.45) is -0.248. The van der Waals surface area contributed by atoms with Gasteiger partial charge in [0.1, 0.15) is 6.61 Å². The van der Waals surface area contributed by atoms with Gasteiger partial charge in [-0.25, -0.2) is 4.79 Å². The highest BCUT2D eigenvalue weighted by atomic mass is 16.7. The van der Waals surface area contributed by atoms with Crippen LogP contribution in [0.1, 0.15) is 20.8 Å². The lowest BCUT2D eigenvalue weighted by Crippen LogP contribution is -2.33. The molecule has 5 heteroatoms. The van der Waals surface area contributed by atoms with Crippen LogP contribution in [0.15, 0.2) is 12.2 Å². The normalized spacial score (nSPS) is 10.6. The third-order valence-electron chi connectivity index (χ3n) is 1.88. The number of ether oxygens (including phenoxy) is 3. The first kappa shape index (κ1) is 16.1. The predicted octanol–water partition coefficient (Wildman–Crippen LogP) is 1.09. The molecule has 0 amide bonds. The van der Waals surface area contributed by atoms with Crippen molar-refractivity contribution >= 4 is 5.97 Å². The van der Waals surface area contributed by atoms with Gasteiger partial charge in [0.25, 0.3) is 0 Å². The van der Waals surface area contributed by atoms with Gasteiger partial charge in [-0.05, 0) is 20.8 Å². The molecule has 17 heavy (non-hydrogen) atoms. The van der Waals surface area contributed by atoms with Crippen LogP contribution in [0.25, 0.3) is 0 Å². The van der Waals surface area contributed by atoms with E-state index in [0.717, 1.165) is 0 Å². The van der Waals surface area contributed by atoms with E-state index in [9.17, 15) is 4.79 Å². The van der Waals surface area contributed by atoms with Crippen molar-refractivity contribution in [2.45, 2.75) is 27.1 Å². The lowest BCUT2D eigenvalue weighted by atomic mass is 10.4. The molecule has 0 bridgehead atoms. The van der Waals surface area contributed by atoms with Crippen molar-refractivity contribution in [2.24, 2.45) is 0 Å². The predicted molar refractivity (Wildman–Crippen MR) is 65.7 cm³/mol. The van der Waals surface area contributed by atoms with E-state index in [0.29, 0.717) is 38.5 Å². The van der Waals surface area contributed by atoms with Crippen LogP contribution in [0.2, 0.25) is 0 Å². The van der Waals surface area contributed by atoms with Crippen molar-refractivity contribution < 1.29 is 19.0 Å². The summed E-state index contributed by atoms with van der Waals surface area (Å²) in [6, 6.07) is 0. The molecule has 0 saturated heterocycles. The molecule has 0 aliphatic rings. The smallest absolute Gasteiger partial charge is 0.333 e. The molecule has 0 aromatic rings. The van der Waals surface area contributed by atoms with E-state index in [1.54, 1.807) is 6.92 Å². The Morgan fingerprint density at radius 3 is 2.35 bits per heavy atom. The summed E-state index contributed by atoms with van der Waals surface area (Å²) < 4.78 is 15.6. The Morgan fingerprint density at radius 1 is 1.29 bits per heavy atom. The summed E-state index contributed by atoms with van der Waals surface area (Å²) in [7, 11) is 0. The molecule has 0 spiro atoms. The maximum atomic E-state index is 11.0. The molecule has 0 rings (SSSR count). The van der Waals surface area contributed by atoms with Gasteiger partial charge >= 0.3 is 5.97 Å². The topological polar surface area (TPSA) is 56.8 Å². The average molecular weight is 245 g/mol. The monoisotopic (exact) mass is 245 g/mol. The Bertz CT molecular complexity index is 225. The van der Waals surface area contributed by atoms with Gasteiger partial charge in [-0.2, -0.15) is 0 Å². The van der Waals surface area contributed by atoms with Crippen LogP contribution < -0.4 is 5.32 Å². The zero-order chi connectivity index (χ0) is 13.1. The summed E-state index contributed by atoms with van der Waals surface area (Å²) in [6.45, 7) is 11.6. The molecule has 100 valence electrons. The maximum Gasteiger partial charge on any atom is 0.333 e. The maximum absolute atomic E-state index is 11.0. The highest BCUT2D eigenvalue weighted by molar-refractivity contribution is 5.86. The molecular weight excluding hydrogens is 222 g/mol. The summed E-state index contributed by atoms with van der Waals surface area (Å²) in [5.41, 5.74) is 0.409. The number of nitrogens with one attached hydrogen (secondary N) is 1. The van der Waals surface area contributed by atoms with Crippen molar-refractivity contribution in [1.29, 1.82) is 0 Å². The van der Waals surface area contributed by atoms with E-state index < -0.39 is 0 Å². The fourth-order valence-corrected chi connectivity index (χ4v) is 1.10. The van der Waals surface area contributed by atoms with Gasteiger partial charge in [0, 0.05) is 31.9 Å². The SMILES string of the molecule is C=C(C)C(=O)OCCNCC(OCC)OCC. The van der Waals surface area contributed by atoms with E-state index in [-0.39, 0.29) is 12.3 Å².